The van der Waals surface area contributed by atoms with Crippen molar-refractivity contribution in [3.63, 3.8) is 0 Å². The van der Waals surface area contributed by atoms with Gasteiger partial charge in [0.1, 0.15) is 6.61 Å². The molecule has 22 heavy (non-hydrogen) atoms. The second-order valence-corrected chi connectivity index (χ2v) is 5.74. The lowest BCUT2D eigenvalue weighted by Gasteiger charge is -2.17. The molecule has 1 aliphatic carbocycles. The minimum absolute atomic E-state index is 0.00399. The topological polar surface area (TPSA) is 67.4 Å². The number of rotatable bonds is 8. The minimum atomic E-state index is -0.471. The second-order valence-electron chi connectivity index (χ2n) is 5.74. The van der Waals surface area contributed by atoms with Crippen molar-refractivity contribution in [1.29, 1.82) is 0 Å². The zero-order chi connectivity index (χ0) is 15.8. The monoisotopic (exact) mass is 304 g/mol. The van der Waals surface area contributed by atoms with E-state index >= 15 is 0 Å². The van der Waals surface area contributed by atoms with Gasteiger partial charge >= 0.3 is 6.09 Å². The lowest BCUT2D eigenvalue weighted by molar-refractivity contribution is -0.121. The molecule has 5 heteroatoms. The average Bonchev–Trinajstić information content (AvgIpc) is 3.30. The van der Waals surface area contributed by atoms with Gasteiger partial charge in [0.25, 0.3) is 0 Å². The molecule has 2 rings (SSSR count). The fraction of sp³-hybridized carbons (Fsp3) is 0.529. The number of benzene rings is 1. The van der Waals surface area contributed by atoms with E-state index in [0.29, 0.717) is 12.5 Å². The predicted octanol–water partition coefficient (Wildman–Crippen LogP) is 2.75. The van der Waals surface area contributed by atoms with E-state index in [-0.39, 0.29) is 18.6 Å². The van der Waals surface area contributed by atoms with Crippen molar-refractivity contribution < 1.29 is 14.3 Å². The van der Waals surface area contributed by atoms with Gasteiger partial charge in [0.15, 0.2) is 0 Å². The second kappa shape index (κ2) is 8.41. The molecule has 1 saturated carbocycles. The zero-order valence-corrected chi connectivity index (χ0v) is 13.0. The first-order valence-corrected chi connectivity index (χ1v) is 7.94. The molecular weight excluding hydrogens is 280 g/mol. The smallest absolute Gasteiger partial charge is 0.407 e. The van der Waals surface area contributed by atoms with E-state index in [2.05, 4.69) is 10.6 Å². The molecule has 0 unspecified atom stereocenters. The van der Waals surface area contributed by atoms with E-state index in [1.165, 1.54) is 0 Å². The standard InChI is InChI=1S/C17H24N2O3/c1-2-6-15(11-16(20)18-14-9-10-14)19-17(21)22-12-13-7-4-3-5-8-13/h3-5,7-8,14-15H,2,6,9-12H2,1H3,(H,18,20)(H,19,21)/t15-/m0/s1. The van der Waals surface area contributed by atoms with Gasteiger partial charge in [0.05, 0.1) is 0 Å². The number of nitrogens with one attached hydrogen (secondary N) is 2. The van der Waals surface area contributed by atoms with Crippen molar-refractivity contribution in [2.24, 2.45) is 0 Å². The van der Waals surface area contributed by atoms with Gasteiger partial charge in [0, 0.05) is 18.5 Å². The molecular formula is C17H24N2O3. The molecule has 0 saturated heterocycles. The van der Waals surface area contributed by atoms with E-state index in [1.54, 1.807) is 0 Å². The zero-order valence-electron chi connectivity index (χ0n) is 13.0. The summed E-state index contributed by atoms with van der Waals surface area (Å²) in [4.78, 5) is 23.7. The first kappa shape index (κ1) is 16.3. The number of carbonyl (C=O) groups excluding carboxylic acids is 2. The molecule has 0 bridgehead atoms. The highest BCUT2D eigenvalue weighted by Gasteiger charge is 2.25. The Bertz CT molecular complexity index is 486. The Morgan fingerprint density at radius 1 is 1.27 bits per heavy atom. The van der Waals surface area contributed by atoms with Crippen LogP contribution < -0.4 is 10.6 Å². The molecule has 1 aromatic carbocycles. The maximum Gasteiger partial charge on any atom is 0.407 e. The maximum atomic E-state index is 11.9. The molecule has 5 nitrogen and oxygen atoms in total. The third-order valence-corrected chi connectivity index (χ3v) is 3.55. The fourth-order valence-electron chi connectivity index (χ4n) is 2.24. The van der Waals surface area contributed by atoms with Crippen molar-refractivity contribution in [2.45, 2.75) is 57.7 Å². The van der Waals surface area contributed by atoms with Gasteiger partial charge in [-0.1, -0.05) is 43.7 Å². The molecule has 1 atom stereocenters. The van der Waals surface area contributed by atoms with Gasteiger partial charge in [-0.05, 0) is 24.8 Å². The first-order valence-electron chi connectivity index (χ1n) is 7.94. The lowest BCUT2D eigenvalue weighted by atomic mass is 10.1. The van der Waals surface area contributed by atoms with Crippen LogP contribution in [0, 0.1) is 0 Å². The Kier molecular flexibility index (Phi) is 6.25. The van der Waals surface area contributed by atoms with Crippen molar-refractivity contribution in [2.75, 3.05) is 0 Å². The Hall–Kier alpha value is -2.04. The molecule has 1 aromatic rings. The summed E-state index contributed by atoms with van der Waals surface area (Å²) in [5, 5.41) is 5.73. The molecule has 0 radical (unpaired) electrons. The summed E-state index contributed by atoms with van der Waals surface area (Å²) in [7, 11) is 0. The van der Waals surface area contributed by atoms with Gasteiger partial charge < -0.3 is 15.4 Å². The van der Waals surface area contributed by atoms with Crippen LogP contribution >= 0.6 is 0 Å². The van der Waals surface area contributed by atoms with Crippen molar-refractivity contribution in [3.8, 4) is 0 Å². The number of hydrogen-bond acceptors (Lipinski definition) is 3. The molecule has 0 heterocycles. The normalized spacial score (nSPS) is 15.0. The number of carbonyl (C=O) groups is 2. The molecule has 0 aromatic heterocycles. The third kappa shape index (κ3) is 6.16. The van der Waals surface area contributed by atoms with E-state index in [1.807, 2.05) is 37.3 Å². The van der Waals surface area contributed by atoms with Crippen molar-refractivity contribution in [3.05, 3.63) is 35.9 Å². The van der Waals surface area contributed by atoms with Crippen molar-refractivity contribution >= 4 is 12.0 Å². The highest BCUT2D eigenvalue weighted by atomic mass is 16.5. The maximum absolute atomic E-state index is 11.9. The predicted molar refractivity (Wildman–Crippen MR) is 84.2 cm³/mol. The van der Waals surface area contributed by atoms with E-state index < -0.39 is 6.09 Å². The number of amides is 2. The van der Waals surface area contributed by atoms with Gasteiger partial charge in [-0.3, -0.25) is 4.79 Å². The highest BCUT2D eigenvalue weighted by molar-refractivity contribution is 5.78. The van der Waals surface area contributed by atoms with Crippen LogP contribution in [0.5, 0.6) is 0 Å². The van der Waals surface area contributed by atoms with Crippen LogP contribution in [-0.2, 0) is 16.1 Å². The van der Waals surface area contributed by atoms with Crippen LogP contribution in [0.4, 0.5) is 4.79 Å². The SMILES string of the molecule is CCC[C@@H](CC(=O)NC1CC1)NC(=O)OCc1ccccc1. The van der Waals surface area contributed by atoms with Crippen LogP contribution in [0.3, 0.4) is 0 Å². The molecule has 2 amide bonds. The van der Waals surface area contributed by atoms with Crippen LogP contribution in [0.15, 0.2) is 30.3 Å². The van der Waals surface area contributed by atoms with Gasteiger partial charge in [-0.25, -0.2) is 4.79 Å². The van der Waals surface area contributed by atoms with E-state index in [9.17, 15) is 9.59 Å². The van der Waals surface area contributed by atoms with E-state index in [4.69, 9.17) is 4.74 Å². The van der Waals surface area contributed by atoms with Crippen LogP contribution in [0.2, 0.25) is 0 Å². The molecule has 1 fully saturated rings. The summed E-state index contributed by atoms with van der Waals surface area (Å²) in [6, 6.07) is 9.70. The lowest BCUT2D eigenvalue weighted by Crippen LogP contribution is -2.39. The third-order valence-electron chi connectivity index (χ3n) is 3.55. The Labute approximate surface area is 131 Å². The number of alkyl carbamates (subject to hydrolysis) is 1. The van der Waals surface area contributed by atoms with Gasteiger partial charge in [-0.2, -0.15) is 0 Å². The molecule has 0 aliphatic heterocycles. The summed E-state index contributed by atoms with van der Waals surface area (Å²) in [6.45, 7) is 2.27. The quantitative estimate of drug-likeness (QED) is 0.776. The van der Waals surface area contributed by atoms with Crippen LogP contribution in [0.1, 0.15) is 44.6 Å². The van der Waals surface area contributed by atoms with Crippen molar-refractivity contribution in [1.82, 2.24) is 10.6 Å². The molecule has 120 valence electrons. The molecule has 1 aliphatic rings. The Balaban J connectivity index is 1.73. The van der Waals surface area contributed by atoms with Crippen LogP contribution in [0.25, 0.3) is 0 Å². The largest absolute Gasteiger partial charge is 0.445 e. The number of ether oxygens (including phenoxy) is 1. The summed E-state index contributed by atoms with van der Waals surface area (Å²) >= 11 is 0. The molecule has 0 spiro atoms. The summed E-state index contributed by atoms with van der Waals surface area (Å²) in [6.07, 6.45) is 3.64. The summed E-state index contributed by atoms with van der Waals surface area (Å²) in [5.41, 5.74) is 0.941. The average molecular weight is 304 g/mol. The summed E-state index contributed by atoms with van der Waals surface area (Å²) in [5.74, 6) is 0.00399. The van der Waals surface area contributed by atoms with Gasteiger partial charge in [0.2, 0.25) is 5.91 Å². The Morgan fingerprint density at radius 3 is 2.64 bits per heavy atom. The molecule has 2 N–H and O–H groups in total. The minimum Gasteiger partial charge on any atom is -0.445 e. The van der Waals surface area contributed by atoms with Gasteiger partial charge in [-0.15, -0.1) is 0 Å². The number of hydrogen-bond donors (Lipinski definition) is 2. The Morgan fingerprint density at radius 2 is 2.00 bits per heavy atom. The highest BCUT2D eigenvalue weighted by Crippen LogP contribution is 2.19. The first-order chi connectivity index (χ1) is 10.7. The fourth-order valence-corrected chi connectivity index (χ4v) is 2.24. The summed E-state index contributed by atoms with van der Waals surface area (Å²) < 4.78 is 5.20. The van der Waals surface area contributed by atoms with E-state index in [0.717, 1.165) is 31.2 Å². The van der Waals surface area contributed by atoms with Crippen LogP contribution in [-0.4, -0.2) is 24.1 Å².